The second kappa shape index (κ2) is 7.38. The van der Waals surface area contributed by atoms with Gasteiger partial charge in [0.05, 0.1) is 6.10 Å². The van der Waals surface area contributed by atoms with E-state index < -0.39 is 11.9 Å². The molecule has 0 bridgehead atoms. The van der Waals surface area contributed by atoms with Crippen molar-refractivity contribution in [2.24, 2.45) is 0 Å². The minimum absolute atomic E-state index is 0.115. The third kappa shape index (κ3) is 4.68. The Morgan fingerprint density at radius 2 is 2.24 bits per heavy atom. The number of hydrogen-bond acceptors (Lipinski definition) is 4. The third-order valence-corrected chi connectivity index (χ3v) is 3.38. The first kappa shape index (κ1) is 15.7. The number of ether oxygens (including phenoxy) is 2. The lowest BCUT2D eigenvalue weighted by Crippen LogP contribution is -2.41. The summed E-state index contributed by atoms with van der Waals surface area (Å²) in [7, 11) is 0. The first-order valence-electron chi connectivity index (χ1n) is 7.03. The number of halogens is 1. The molecule has 0 spiro atoms. The zero-order valence-electron chi connectivity index (χ0n) is 12.0. The second-order valence-corrected chi connectivity index (χ2v) is 5.10. The molecule has 5 nitrogen and oxygen atoms in total. The summed E-state index contributed by atoms with van der Waals surface area (Å²) in [4.78, 5) is 11.7. The van der Waals surface area contributed by atoms with E-state index in [1.165, 1.54) is 25.1 Å². The van der Waals surface area contributed by atoms with Crippen LogP contribution in [-0.2, 0) is 9.53 Å². The standard InChI is InChI=1S/C15H20FNO4/c1-10(18)13-3-2-12(8-14(13)16)21-9-15(19)17-11-4-6-20-7-5-11/h2-3,8,10-11,18H,4-7,9H2,1H3,(H,17,19). The SMILES string of the molecule is CC(O)c1ccc(OCC(=O)NC2CCOCC2)cc1F. The molecule has 0 aromatic heterocycles. The van der Waals surface area contributed by atoms with E-state index in [4.69, 9.17) is 9.47 Å². The molecule has 1 heterocycles. The average Bonchev–Trinajstić information content (AvgIpc) is 2.46. The first-order valence-corrected chi connectivity index (χ1v) is 7.03. The molecule has 0 aliphatic carbocycles. The fraction of sp³-hybridized carbons (Fsp3) is 0.533. The normalized spacial score (nSPS) is 17.3. The van der Waals surface area contributed by atoms with Gasteiger partial charge in [-0.3, -0.25) is 4.79 Å². The Labute approximate surface area is 123 Å². The number of amides is 1. The van der Waals surface area contributed by atoms with Gasteiger partial charge in [-0.05, 0) is 31.9 Å². The molecule has 6 heteroatoms. The van der Waals surface area contributed by atoms with Gasteiger partial charge in [-0.2, -0.15) is 0 Å². The summed E-state index contributed by atoms with van der Waals surface area (Å²) in [5.74, 6) is -0.520. The van der Waals surface area contributed by atoms with Crippen molar-refractivity contribution < 1.29 is 23.8 Å². The first-order chi connectivity index (χ1) is 10.1. The minimum Gasteiger partial charge on any atom is -0.484 e. The van der Waals surface area contributed by atoms with E-state index in [2.05, 4.69) is 5.32 Å². The Balaban J connectivity index is 1.82. The third-order valence-electron chi connectivity index (χ3n) is 3.38. The Morgan fingerprint density at radius 1 is 1.52 bits per heavy atom. The Kier molecular flexibility index (Phi) is 5.52. The van der Waals surface area contributed by atoms with Crippen molar-refractivity contribution in [1.29, 1.82) is 0 Å². The molecule has 1 amide bonds. The van der Waals surface area contributed by atoms with Crippen LogP contribution in [0.15, 0.2) is 18.2 Å². The summed E-state index contributed by atoms with van der Waals surface area (Å²) < 4.78 is 24.1. The molecule has 1 saturated heterocycles. The second-order valence-electron chi connectivity index (χ2n) is 5.10. The molecular formula is C15H20FNO4. The smallest absolute Gasteiger partial charge is 0.258 e. The summed E-state index contributed by atoms with van der Waals surface area (Å²) in [6.45, 7) is 2.63. The van der Waals surface area contributed by atoms with Gasteiger partial charge in [-0.15, -0.1) is 0 Å². The lowest BCUT2D eigenvalue weighted by Gasteiger charge is -2.23. The number of aliphatic hydroxyl groups is 1. The van der Waals surface area contributed by atoms with Crippen molar-refractivity contribution in [2.75, 3.05) is 19.8 Å². The van der Waals surface area contributed by atoms with Gasteiger partial charge in [0.15, 0.2) is 6.61 Å². The molecule has 1 fully saturated rings. The van der Waals surface area contributed by atoms with Crippen LogP contribution in [0.1, 0.15) is 31.4 Å². The maximum absolute atomic E-state index is 13.6. The van der Waals surface area contributed by atoms with Crippen LogP contribution in [0.25, 0.3) is 0 Å². The predicted molar refractivity (Wildman–Crippen MR) is 74.5 cm³/mol. The summed E-state index contributed by atoms with van der Waals surface area (Å²) in [6, 6.07) is 4.27. The molecule has 1 aliphatic heterocycles. The van der Waals surface area contributed by atoms with Gasteiger partial charge in [0, 0.05) is 30.9 Å². The van der Waals surface area contributed by atoms with Gasteiger partial charge in [-0.25, -0.2) is 4.39 Å². The molecule has 0 radical (unpaired) electrons. The van der Waals surface area contributed by atoms with Gasteiger partial charge in [0.2, 0.25) is 0 Å². The molecule has 21 heavy (non-hydrogen) atoms. The van der Waals surface area contributed by atoms with Gasteiger partial charge < -0.3 is 19.9 Å². The summed E-state index contributed by atoms with van der Waals surface area (Å²) >= 11 is 0. The lowest BCUT2D eigenvalue weighted by atomic mass is 10.1. The van der Waals surface area contributed by atoms with Crippen molar-refractivity contribution in [2.45, 2.75) is 31.9 Å². The molecule has 0 saturated carbocycles. The molecule has 1 atom stereocenters. The van der Waals surface area contributed by atoms with E-state index in [0.717, 1.165) is 12.8 Å². The number of benzene rings is 1. The maximum atomic E-state index is 13.6. The number of carbonyl (C=O) groups excluding carboxylic acids is 1. The van der Waals surface area contributed by atoms with Gasteiger partial charge >= 0.3 is 0 Å². The van der Waals surface area contributed by atoms with Crippen LogP contribution in [-0.4, -0.2) is 36.9 Å². The Morgan fingerprint density at radius 3 is 2.86 bits per heavy atom. The van der Waals surface area contributed by atoms with Crippen LogP contribution in [0.2, 0.25) is 0 Å². The number of carbonyl (C=O) groups is 1. The summed E-state index contributed by atoms with van der Waals surface area (Å²) in [5.41, 5.74) is 0.203. The monoisotopic (exact) mass is 297 g/mol. The molecule has 1 aliphatic rings. The molecule has 1 aromatic rings. The van der Waals surface area contributed by atoms with Gasteiger partial charge in [0.1, 0.15) is 11.6 Å². The highest BCUT2D eigenvalue weighted by molar-refractivity contribution is 5.77. The van der Waals surface area contributed by atoms with E-state index in [0.29, 0.717) is 13.2 Å². The molecule has 2 N–H and O–H groups in total. The van der Waals surface area contributed by atoms with Crippen LogP contribution < -0.4 is 10.1 Å². The van der Waals surface area contributed by atoms with E-state index in [9.17, 15) is 14.3 Å². The average molecular weight is 297 g/mol. The number of hydrogen-bond donors (Lipinski definition) is 2. The highest BCUT2D eigenvalue weighted by Gasteiger charge is 2.16. The van der Waals surface area contributed by atoms with Crippen LogP contribution in [0, 0.1) is 5.82 Å². The molecular weight excluding hydrogens is 277 g/mol. The highest BCUT2D eigenvalue weighted by atomic mass is 19.1. The predicted octanol–water partition coefficient (Wildman–Crippen LogP) is 1.55. The fourth-order valence-electron chi connectivity index (χ4n) is 2.20. The Bertz CT molecular complexity index is 487. The summed E-state index contributed by atoms with van der Waals surface area (Å²) in [5, 5.41) is 12.2. The van der Waals surface area contributed by atoms with Crippen LogP contribution in [0.3, 0.4) is 0 Å². The van der Waals surface area contributed by atoms with Crippen LogP contribution in [0.5, 0.6) is 5.75 Å². The van der Waals surface area contributed by atoms with Gasteiger partial charge in [0.25, 0.3) is 5.91 Å². The van der Waals surface area contributed by atoms with Crippen molar-refractivity contribution in [1.82, 2.24) is 5.32 Å². The molecule has 2 rings (SSSR count). The Hall–Kier alpha value is -1.66. The summed E-state index contributed by atoms with van der Waals surface area (Å²) in [6.07, 6.45) is 0.711. The minimum atomic E-state index is -0.879. The lowest BCUT2D eigenvalue weighted by molar-refractivity contribution is -0.124. The fourth-order valence-corrected chi connectivity index (χ4v) is 2.20. The number of rotatable bonds is 5. The highest BCUT2D eigenvalue weighted by Crippen LogP contribution is 2.21. The van der Waals surface area contributed by atoms with Crippen molar-refractivity contribution in [3.05, 3.63) is 29.6 Å². The van der Waals surface area contributed by atoms with E-state index in [1.54, 1.807) is 0 Å². The van der Waals surface area contributed by atoms with Crippen molar-refractivity contribution >= 4 is 5.91 Å². The number of aliphatic hydroxyl groups excluding tert-OH is 1. The van der Waals surface area contributed by atoms with E-state index in [1.807, 2.05) is 0 Å². The van der Waals surface area contributed by atoms with Crippen molar-refractivity contribution in [3.8, 4) is 5.75 Å². The van der Waals surface area contributed by atoms with E-state index >= 15 is 0 Å². The van der Waals surface area contributed by atoms with Crippen LogP contribution in [0.4, 0.5) is 4.39 Å². The number of nitrogens with one attached hydrogen (secondary N) is 1. The quantitative estimate of drug-likeness (QED) is 0.865. The molecule has 1 aromatic carbocycles. The molecule has 1 unspecified atom stereocenters. The zero-order valence-corrected chi connectivity index (χ0v) is 12.0. The van der Waals surface area contributed by atoms with Crippen molar-refractivity contribution in [3.63, 3.8) is 0 Å². The topological polar surface area (TPSA) is 67.8 Å². The zero-order chi connectivity index (χ0) is 15.2. The van der Waals surface area contributed by atoms with Gasteiger partial charge in [-0.1, -0.05) is 0 Å². The largest absolute Gasteiger partial charge is 0.484 e. The molecule has 116 valence electrons. The maximum Gasteiger partial charge on any atom is 0.258 e. The van der Waals surface area contributed by atoms with Crippen LogP contribution >= 0.6 is 0 Å². The van der Waals surface area contributed by atoms with E-state index in [-0.39, 0.29) is 29.9 Å².